The fourth-order valence-electron chi connectivity index (χ4n) is 6.65. The number of Topliss-reactive ketones (excluding diaryl/α,β-unsaturated/α-hetero) is 1. The van der Waals surface area contributed by atoms with E-state index in [9.17, 15) is 13.2 Å². The van der Waals surface area contributed by atoms with E-state index < -0.39 is 16.5 Å². The topological polar surface area (TPSA) is 80.7 Å². The molecule has 0 aromatic rings. The molecule has 4 aliphatic carbocycles. The predicted molar refractivity (Wildman–Crippen MR) is 93.1 cm³/mol. The van der Waals surface area contributed by atoms with E-state index in [1.165, 1.54) is 5.57 Å². The number of carbonyl (C=O) groups excluding carboxylic acids is 1. The molecule has 0 bridgehead atoms. The lowest BCUT2D eigenvalue weighted by Crippen LogP contribution is -2.50. The Morgan fingerprint density at radius 1 is 1.12 bits per heavy atom. The van der Waals surface area contributed by atoms with Gasteiger partial charge >= 0.3 is 10.4 Å². The van der Waals surface area contributed by atoms with E-state index in [4.69, 9.17) is 8.74 Å². The van der Waals surface area contributed by atoms with Crippen molar-refractivity contribution in [2.45, 2.75) is 71.3 Å². The summed E-state index contributed by atoms with van der Waals surface area (Å²) in [5, 5.41) is 0. The van der Waals surface area contributed by atoms with E-state index >= 15 is 0 Å². The zero-order chi connectivity index (χ0) is 18.0. The SMILES string of the molecule is C[C@]12CC[C@@H](OS(=O)(=O)O)CC1=CC[C@@H]1C2CC[C@]2(C)C(=O)CCC12. The maximum atomic E-state index is 12.4. The van der Waals surface area contributed by atoms with E-state index in [0.717, 1.165) is 38.5 Å². The van der Waals surface area contributed by atoms with Crippen molar-refractivity contribution in [1.82, 2.24) is 0 Å². The Kier molecular flexibility index (Phi) is 3.99. The van der Waals surface area contributed by atoms with Crippen LogP contribution in [-0.2, 0) is 19.4 Å². The van der Waals surface area contributed by atoms with Gasteiger partial charge in [-0.05, 0) is 68.1 Å². The first-order chi connectivity index (χ1) is 11.6. The van der Waals surface area contributed by atoms with Crippen molar-refractivity contribution in [3.05, 3.63) is 11.6 Å². The van der Waals surface area contributed by atoms with Gasteiger partial charge in [0, 0.05) is 11.8 Å². The molecule has 140 valence electrons. The van der Waals surface area contributed by atoms with Crippen LogP contribution in [0, 0.1) is 28.6 Å². The number of allylic oxidation sites excluding steroid dienone is 1. The molecule has 0 radical (unpaired) electrons. The second kappa shape index (κ2) is 5.64. The van der Waals surface area contributed by atoms with Crippen molar-refractivity contribution >= 4 is 16.2 Å². The minimum Gasteiger partial charge on any atom is -0.299 e. The summed E-state index contributed by atoms with van der Waals surface area (Å²) < 4.78 is 35.9. The Morgan fingerprint density at radius 2 is 1.80 bits per heavy atom. The van der Waals surface area contributed by atoms with Gasteiger partial charge in [-0.2, -0.15) is 8.42 Å². The summed E-state index contributed by atoms with van der Waals surface area (Å²) in [6.45, 7) is 4.50. The molecular weight excluding hydrogens is 340 g/mol. The molecule has 6 atom stereocenters. The fourth-order valence-corrected chi connectivity index (χ4v) is 7.16. The quantitative estimate of drug-likeness (QED) is 0.594. The average molecular weight is 368 g/mol. The summed E-state index contributed by atoms with van der Waals surface area (Å²) in [6, 6.07) is 0. The first-order valence-corrected chi connectivity index (χ1v) is 10.9. The standard InChI is InChI=1S/C19H28O5S/c1-18-9-7-13(24-25(21,22)23)11-12(18)3-4-14-15-5-6-17(20)19(15,2)10-8-16(14)18/h3,13-16H,4-11H2,1-2H3,(H,21,22,23)/t13-,14+,15?,16?,18+,19+/m1/s1. The second-order valence-electron chi connectivity index (χ2n) is 9.07. The van der Waals surface area contributed by atoms with Crippen LogP contribution in [0.2, 0.25) is 0 Å². The van der Waals surface area contributed by atoms with Crippen molar-refractivity contribution in [2.75, 3.05) is 0 Å². The monoisotopic (exact) mass is 368 g/mol. The number of ketones is 1. The van der Waals surface area contributed by atoms with Crippen LogP contribution in [0.4, 0.5) is 0 Å². The van der Waals surface area contributed by atoms with Crippen LogP contribution in [0.5, 0.6) is 0 Å². The van der Waals surface area contributed by atoms with Gasteiger partial charge in [-0.1, -0.05) is 25.5 Å². The molecule has 3 fully saturated rings. The zero-order valence-corrected chi connectivity index (χ0v) is 15.8. The van der Waals surface area contributed by atoms with Gasteiger partial charge in [0.15, 0.2) is 0 Å². The van der Waals surface area contributed by atoms with Gasteiger partial charge < -0.3 is 0 Å². The summed E-state index contributed by atoms with van der Waals surface area (Å²) >= 11 is 0. The molecule has 4 aliphatic rings. The molecule has 4 rings (SSSR count). The molecule has 3 saturated carbocycles. The van der Waals surface area contributed by atoms with Crippen LogP contribution in [0.3, 0.4) is 0 Å². The Morgan fingerprint density at radius 3 is 2.52 bits per heavy atom. The average Bonchev–Trinajstić information content (AvgIpc) is 2.82. The van der Waals surface area contributed by atoms with Crippen molar-refractivity contribution in [2.24, 2.45) is 28.6 Å². The lowest BCUT2D eigenvalue weighted by atomic mass is 9.48. The molecule has 0 aliphatic heterocycles. The molecule has 1 N–H and O–H groups in total. The smallest absolute Gasteiger partial charge is 0.299 e. The summed E-state index contributed by atoms with van der Waals surface area (Å²) in [4.78, 5) is 12.4. The Balaban J connectivity index is 1.59. The molecule has 0 amide bonds. The zero-order valence-electron chi connectivity index (χ0n) is 15.0. The molecule has 2 unspecified atom stereocenters. The van der Waals surface area contributed by atoms with Crippen LogP contribution in [0.1, 0.15) is 65.2 Å². The summed E-state index contributed by atoms with van der Waals surface area (Å²) in [6.07, 6.45) is 8.79. The van der Waals surface area contributed by atoms with Gasteiger partial charge in [-0.3, -0.25) is 9.35 Å². The van der Waals surface area contributed by atoms with Crippen LogP contribution in [-0.4, -0.2) is 24.9 Å². The van der Waals surface area contributed by atoms with Crippen molar-refractivity contribution < 1.29 is 21.9 Å². The highest BCUT2D eigenvalue weighted by Crippen LogP contribution is 2.64. The lowest BCUT2D eigenvalue weighted by Gasteiger charge is -2.56. The van der Waals surface area contributed by atoms with Crippen LogP contribution in [0.15, 0.2) is 11.6 Å². The summed E-state index contributed by atoms with van der Waals surface area (Å²) in [7, 11) is -4.40. The minimum absolute atomic E-state index is 0.0783. The maximum absolute atomic E-state index is 12.4. The third kappa shape index (κ3) is 2.72. The number of fused-ring (bicyclic) bond motifs is 5. The molecule has 5 nitrogen and oxygen atoms in total. The van der Waals surface area contributed by atoms with E-state index in [1.54, 1.807) is 0 Å². The molecule has 6 heteroatoms. The Hall–Kier alpha value is -0.720. The van der Waals surface area contributed by atoms with E-state index in [-0.39, 0.29) is 10.8 Å². The molecule has 0 aromatic heterocycles. The van der Waals surface area contributed by atoms with E-state index in [0.29, 0.717) is 36.4 Å². The summed E-state index contributed by atoms with van der Waals surface area (Å²) in [5.74, 6) is 2.10. The van der Waals surface area contributed by atoms with Crippen molar-refractivity contribution in [3.8, 4) is 0 Å². The molecule has 0 heterocycles. The van der Waals surface area contributed by atoms with Gasteiger partial charge in [-0.25, -0.2) is 4.18 Å². The van der Waals surface area contributed by atoms with Gasteiger partial charge in [-0.15, -0.1) is 0 Å². The fraction of sp³-hybridized carbons (Fsp3) is 0.842. The van der Waals surface area contributed by atoms with E-state index in [2.05, 4.69) is 19.9 Å². The number of hydrogen-bond acceptors (Lipinski definition) is 4. The van der Waals surface area contributed by atoms with E-state index in [1.807, 2.05) is 0 Å². The minimum atomic E-state index is -4.40. The second-order valence-corrected chi connectivity index (χ2v) is 10.1. The van der Waals surface area contributed by atoms with Crippen LogP contribution < -0.4 is 0 Å². The maximum Gasteiger partial charge on any atom is 0.397 e. The summed E-state index contributed by atoms with van der Waals surface area (Å²) in [5.41, 5.74) is 1.25. The van der Waals surface area contributed by atoms with Crippen LogP contribution in [0.25, 0.3) is 0 Å². The highest BCUT2D eigenvalue weighted by atomic mass is 32.3. The van der Waals surface area contributed by atoms with Crippen molar-refractivity contribution in [3.63, 3.8) is 0 Å². The Bertz CT molecular complexity index is 726. The van der Waals surface area contributed by atoms with Crippen molar-refractivity contribution in [1.29, 1.82) is 0 Å². The Labute approximate surface area is 150 Å². The van der Waals surface area contributed by atoms with Gasteiger partial charge in [0.1, 0.15) is 5.78 Å². The number of carbonyl (C=O) groups is 1. The highest BCUT2D eigenvalue weighted by Gasteiger charge is 2.58. The number of hydrogen-bond donors (Lipinski definition) is 1. The largest absolute Gasteiger partial charge is 0.397 e. The predicted octanol–water partition coefficient (Wildman–Crippen LogP) is 3.71. The van der Waals surface area contributed by atoms with Gasteiger partial charge in [0.2, 0.25) is 0 Å². The van der Waals surface area contributed by atoms with Crippen LogP contribution >= 0.6 is 0 Å². The third-order valence-corrected chi connectivity index (χ3v) is 8.54. The van der Waals surface area contributed by atoms with Gasteiger partial charge in [0.05, 0.1) is 6.10 Å². The lowest BCUT2D eigenvalue weighted by molar-refractivity contribution is -0.131. The molecule has 0 spiro atoms. The molecule has 0 saturated heterocycles. The highest BCUT2D eigenvalue weighted by molar-refractivity contribution is 7.80. The molecule has 25 heavy (non-hydrogen) atoms. The normalized spacial score (nSPS) is 46.8. The number of rotatable bonds is 2. The molecular formula is C19H28O5S. The first kappa shape index (κ1) is 17.7. The first-order valence-electron chi connectivity index (χ1n) is 9.52. The molecule has 0 aromatic carbocycles. The van der Waals surface area contributed by atoms with Gasteiger partial charge in [0.25, 0.3) is 0 Å². The third-order valence-electron chi connectivity index (χ3n) is 8.03.